The number of hydrogen-bond acceptors (Lipinski definition) is 5. The highest BCUT2D eigenvalue weighted by Crippen LogP contribution is 2.23. The molecule has 0 aliphatic carbocycles. The van der Waals surface area contributed by atoms with E-state index in [-0.39, 0.29) is 16.4 Å². The number of phenols is 2. The van der Waals surface area contributed by atoms with Gasteiger partial charge in [0.25, 0.3) is 0 Å². The van der Waals surface area contributed by atoms with Gasteiger partial charge in [-0.05, 0) is 36.4 Å². The SMILES string of the molecule is CS(=O)(=O)c1ccc(NCc2ccc(O)cc2O)cc1. The van der Waals surface area contributed by atoms with Gasteiger partial charge < -0.3 is 15.5 Å². The minimum atomic E-state index is -3.19. The number of benzene rings is 2. The number of nitrogens with one attached hydrogen (secondary N) is 1. The fourth-order valence-corrected chi connectivity index (χ4v) is 2.35. The van der Waals surface area contributed by atoms with Gasteiger partial charge in [-0.2, -0.15) is 0 Å². The Hall–Kier alpha value is -2.21. The van der Waals surface area contributed by atoms with E-state index >= 15 is 0 Å². The smallest absolute Gasteiger partial charge is 0.175 e. The Balaban J connectivity index is 2.08. The van der Waals surface area contributed by atoms with Crippen molar-refractivity contribution >= 4 is 15.5 Å². The van der Waals surface area contributed by atoms with E-state index in [9.17, 15) is 18.6 Å². The first-order chi connectivity index (χ1) is 9.36. The van der Waals surface area contributed by atoms with Crippen LogP contribution in [-0.4, -0.2) is 24.9 Å². The predicted octanol–water partition coefficient (Wildman–Crippen LogP) is 2.11. The second-order valence-corrected chi connectivity index (χ2v) is 6.48. The molecule has 0 spiro atoms. The normalized spacial score (nSPS) is 11.2. The van der Waals surface area contributed by atoms with Gasteiger partial charge >= 0.3 is 0 Å². The first kappa shape index (κ1) is 14.2. The van der Waals surface area contributed by atoms with E-state index in [1.54, 1.807) is 18.2 Å². The zero-order valence-corrected chi connectivity index (χ0v) is 11.7. The highest BCUT2D eigenvalue weighted by molar-refractivity contribution is 7.90. The van der Waals surface area contributed by atoms with Crippen molar-refractivity contribution in [3.63, 3.8) is 0 Å². The average Bonchev–Trinajstić information content (AvgIpc) is 2.37. The van der Waals surface area contributed by atoms with Crippen molar-refractivity contribution in [2.75, 3.05) is 11.6 Å². The van der Waals surface area contributed by atoms with E-state index in [4.69, 9.17) is 0 Å². The van der Waals surface area contributed by atoms with Crippen LogP contribution in [0.3, 0.4) is 0 Å². The van der Waals surface area contributed by atoms with Gasteiger partial charge in [-0.15, -0.1) is 0 Å². The Bertz CT molecular complexity index is 708. The molecule has 0 atom stereocenters. The van der Waals surface area contributed by atoms with Crippen LogP contribution in [0.5, 0.6) is 11.5 Å². The van der Waals surface area contributed by atoms with Crippen molar-refractivity contribution in [1.82, 2.24) is 0 Å². The van der Waals surface area contributed by atoms with Crippen LogP contribution >= 0.6 is 0 Å². The summed E-state index contributed by atoms with van der Waals surface area (Å²) < 4.78 is 22.6. The Morgan fingerprint density at radius 2 is 1.70 bits per heavy atom. The standard InChI is InChI=1S/C14H15NO4S/c1-20(18,19)13-6-3-11(4-7-13)15-9-10-2-5-12(16)8-14(10)17/h2-8,15-17H,9H2,1H3. The van der Waals surface area contributed by atoms with Crippen LogP contribution in [0.1, 0.15) is 5.56 Å². The molecular formula is C14H15NO4S. The molecule has 0 radical (unpaired) electrons. The summed E-state index contributed by atoms with van der Waals surface area (Å²) in [6, 6.07) is 10.7. The van der Waals surface area contributed by atoms with E-state index < -0.39 is 9.84 Å². The molecule has 0 aliphatic rings. The molecule has 106 valence electrons. The average molecular weight is 293 g/mol. The number of phenolic OH excluding ortho intramolecular Hbond substituents is 2. The molecule has 3 N–H and O–H groups in total. The molecule has 5 nitrogen and oxygen atoms in total. The molecule has 0 saturated carbocycles. The summed E-state index contributed by atoms with van der Waals surface area (Å²) in [5.74, 6) is 0.00834. The summed E-state index contributed by atoms with van der Waals surface area (Å²) in [6.45, 7) is 0.365. The molecule has 0 amide bonds. The molecule has 0 bridgehead atoms. The van der Waals surface area contributed by atoms with Gasteiger partial charge in [0.1, 0.15) is 11.5 Å². The Labute approximate surface area is 117 Å². The van der Waals surface area contributed by atoms with Gasteiger partial charge in [-0.3, -0.25) is 0 Å². The van der Waals surface area contributed by atoms with Crippen molar-refractivity contribution in [3.05, 3.63) is 48.0 Å². The van der Waals surface area contributed by atoms with Crippen LogP contribution in [0, 0.1) is 0 Å². The Morgan fingerprint density at radius 3 is 2.25 bits per heavy atom. The largest absolute Gasteiger partial charge is 0.508 e. The minimum Gasteiger partial charge on any atom is -0.508 e. The quantitative estimate of drug-likeness (QED) is 0.803. The molecular weight excluding hydrogens is 278 g/mol. The van der Waals surface area contributed by atoms with Crippen molar-refractivity contribution in [3.8, 4) is 11.5 Å². The number of anilines is 1. The van der Waals surface area contributed by atoms with Gasteiger partial charge in [0.05, 0.1) is 4.90 Å². The summed E-state index contributed by atoms with van der Waals surface area (Å²) in [7, 11) is -3.19. The van der Waals surface area contributed by atoms with E-state index in [1.165, 1.54) is 24.3 Å². The van der Waals surface area contributed by atoms with Crippen LogP contribution in [0.15, 0.2) is 47.4 Å². The van der Waals surface area contributed by atoms with E-state index in [2.05, 4.69) is 5.32 Å². The van der Waals surface area contributed by atoms with Crippen LogP contribution in [0.4, 0.5) is 5.69 Å². The lowest BCUT2D eigenvalue weighted by Crippen LogP contribution is -2.01. The molecule has 20 heavy (non-hydrogen) atoms. The van der Waals surface area contributed by atoms with Crippen molar-refractivity contribution in [2.45, 2.75) is 11.4 Å². The van der Waals surface area contributed by atoms with Crippen molar-refractivity contribution in [2.24, 2.45) is 0 Å². The molecule has 0 aliphatic heterocycles. The van der Waals surface area contributed by atoms with Gasteiger partial charge in [0, 0.05) is 30.1 Å². The van der Waals surface area contributed by atoms with Gasteiger partial charge in [0.15, 0.2) is 9.84 Å². The van der Waals surface area contributed by atoms with E-state index in [0.717, 1.165) is 11.9 Å². The van der Waals surface area contributed by atoms with Crippen LogP contribution in [-0.2, 0) is 16.4 Å². The second kappa shape index (κ2) is 5.42. The molecule has 0 unspecified atom stereocenters. The molecule has 0 fully saturated rings. The monoisotopic (exact) mass is 293 g/mol. The van der Waals surface area contributed by atoms with Gasteiger partial charge in [-0.1, -0.05) is 0 Å². The van der Waals surface area contributed by atoms with E-state index in [1.807, 2.05) is 0 Å². The maximum absolute atomic E-state index is 11.3. The van der Waals surface area contributed by atoms with Crippen molar-refractivity contribution < 1.29 is 18.6 Å². The lowest BCUT2D eigenvalue weighted by molar-refractivity contribution is 0.446. The highest BCUT2D eigenvalue weighted by Gasteiger charge is 2.06. The third-order valence-electron chi connectivity index (χ3n) is 2.83. The molecule has 2 aromatic carbocycles. The summed E-state index contributed by atoms with van der Waals surface area (Å²) in [5, 5.41) is 21.9. The first-order valence-electron chi connectivity index (χ1n) is 5.91. The summed E-state index contributed by atoms with van der Waals surface area (Å²) in [5.41, 5.74) is 1.37. The third-order valence-corrected chi connectivity index (χ3v) is 3.96. The lowest BCUT2D eigenvalue weighted by atomic mass is 10.2. The Kier molecular flexibility index (Phi) is 3.85. The van der Waals surface area contributed by atoms with Gasteiger partial charge in [-0.25, -0.2) is 8.42 Å². The fraction of sp³-hybridized carbons (Fsp3) is 0.143. The number of rotatable bonds is 4. The van der Waals surface area contributed by atoms with Crippen molar-refractivity contribution in [1.29, 1.82) is 0 Å². The third kappa shape index (κ3) is 3.42. The zero-order chi connectivity index (χ0) is 14.8. The van der Waals surface area contributed by atoms with E-state index in [0.29, 0.717) is 12.1 Å². The van der Waals surface area contributed by atoms with Crippen LogP contribution < -0.4 is 5.32 Å². The zero-order valence-electron chi connectivity index (χ0n) is 10.9. The topological polar surface area (TPSA) is 86.6 Å². The minimum absolute atomic E-state index is 0.00348. The molecule has 0 heterocycles. The molecule has 2 rings (SSSR count). The Morgan fingerprint density at radius 1 is 1.05 bits per heavy atom. The molecule has 6 heteroatoms. The molecule has 2 aromatic rings. The number of hydrogen-bond donors (Lipinski definition) is 3. The lowest BCUT2D eigenvalue weighted by Gasteiger charge is -2.09. The van der Waals surface area contributed by atoms with Crippen LogP contribution in [0.25, 0.3) is 0 Å². The summed E-state index contributed by atoms with van der Waals surface area (Å²) in [4.78, 5) is 0.260. The summed E-state index contributed by atoms with van der Waals surface area (Å²) >= 11 is 0. The summed E-state index contributed by atoms with van der Waals surface area (Å²) in [6.07, 6.45) is 1.16. The number of aromatic hydroxyl groups is 2. The molecule has 0 saturated heterocycles. The highest BCUT2D eigenvalue weighted by atomic mass is 32.2. The number of sulfone groups is 1. The van der Waals surface area contributed by atoms with Crippen LogP contribution in [0.2, 0.25) is 0 Å². The first-order valence-corrected chi connectivity index (χ1v) is 7.80. The second-order valence-electron chi connectivity index (χ2n) is 4.46. The maximum Gasteiger partial charge on any atom is 0.175 e. The predicted molar refractivity (Wildman–Crippen MR) is 76.7 cm³/mol. The molecule has 0 aromatic heterocycles. The van der Waals surface area contributed by atoms with Gasteiger partial charge in [0.2, 0.25) is 0 Å². The maximum atomic E-state index is 11.3. The fourth-order valence-electron chi connectivity index (χ4n) is 1.72.